The zero-order chi connectivity index (χ0) is 19.8. The van der Waals surface area contributed by atoms with Crippen molar-refractivity contribution in [3.05, 3.63) is 83.0 Å². The average Bonchev–Trinajstić information content (AvgIpc) is 2.71. The third kappa shape index (κ3) is 5.64. The molecule has 0 unspecified atom stereocenters. The summed E-state index contributed by atoms with van der Waals surface area (Å²) in [5.41, 5.74) is 2.18. The Labute approximate surface area is 171 Å². The van der Waals surface area contributed by atoms with Crippen LogP contribution in [-0.2, 0) is 6.54 Å². The number of para-hydroxylation sites is 1. The van der Waals surface area contributed by atoms with Crippen molar-refractivity contribution in [3.8, 4) is 11.5 Å². The van der Waals surface area contributed by atoms with Crippen molar-refractivity contribution in [1.29, 1.82) is 0 Å². The van der Waals surface area contributed by atoms with Gasteiger partial charge in [-0.25, -0.2) is 4.98 Å². The Morgan fingerprint density at radius 3 is 2.43 bits per heavy atom. The predicted octanol–water partition coefficient (Wildman–Crippen LogP) is 5.93. The Morgan fingerprint density at radius 1 is 0.929 bits per heavy atom. The summed E-state index contributed by atoms with van der Waals surface area (Å²) in [5, 5.41) is 3.96. The Hall–Kier alpha value is -2.72. The number of nitrogens with one attached hydrogen (secondary N) is 1. The predicted molar refractivity (Wildman–Crippen MR) is 115 cm³/mol. The molecule has 1 N–H and O–H groups in total. The summed E-state index contributed by atoms with van der Waals surface area (Å²) in [7, 11) is 0. The van der Waals surface area contributed by atoms with E-state index in [1.807, 2.05) is 54.6 Å². The molecule has 0 saturated carbocycles. The second-order valence-corrected chi connectivity index (χ2v) is 7.15. The number of aromatic nitrogens is 1. The van der Waals surface area contributed by atoms with Crippen LogP contribution in [0.4, 0.5) is 5.82 Å². The number of halogens is 1. The van der Waals surface area contributed by atoms with Gasteiger partial charge in [0.25, 0.3) is 0 Å². The molecular weight excluding hydrogens is 372 g/mol. The molecule has 5 heteroatoms. The van der Waals surface area contributed by atoms with Gasteiger partial charge < -0.3 is 14.8 Å². The summed E-state index contributed by atoms with van der Waals surface area (Å²) < 4.78 is 11.9. The Kier molecular flexibility index (Phi) is 7.15. The van der Waals surface area contributed by atoms with Gasteiger partial charge in [-0.2, -0.15) is 0 Å². The van der Waals surface area contributed by atoms with Gasteiger partial charge in [0.1, 0.15) is 30.5 Å². The van der Waals surface area contributed by atoms with Crippen LogP contribution in [0.25, 0.3) is 0 Å². The van der Waals surface area contributed by atoms with E-state index < -0.39 is 0 Å². The van der Waals surface area contributed by atoms with Crippen molar-refractivity contribution >= 4 is 17.4 Å². The molecule has 4 nitrogen and oxygen atoms in total. The number of anilines is 1. The van der Waals surface area contributed by atoms with Gasteiger partial charge in [-0.1, -0.05) is 49.7 Å². The molecule has 0 bridgehead atoms. The van der Waals surface area contributed by atoms with Gasteiger partial charge in [0, 0.05) is 23.3 Å². The molecule has 0 radical (unpaired) electrons. The van der Waals surface area contributed by atoms with Crippen LogP contribution in [0.5, 0.6) is 11.5 Å². The fraction of sp³-hybridized carbons (Fsp3) is 0.261. The van der Waals surface area contributed by atoms with Crippen LogP contribution < -0.4 is 14.8 Å². The molecule has 1 aromatic heterocycles. The SMILES string of the molecule is CC(C)c1ccccc1OCCOc1ccc(Cl)cc1CNc1ccccn1. The van der Waals surface area contributed by atoms with Gasteiger partial charge >= 0.3 is 0 Å². The largest absolute Gasteiger partial charge is 0.490 e. The maximum atomic E-state index is 6.16. The van der Waals surface area contributed by atoms with Crippen LogP contribution in [0.1, 0.15) is 30.9 Å². The van der Waals surface area contributed by atoms with E-state index in [2.05, 4.69) is 30.2 Å². The lowest BCUT2D eigenvalue weighted by Crippen LogP contribution is -2.12. The monoisotopic (exact) mass is 396 g/mol. The van der Waals surface area contributed by atoms with Gasteiger partial charge in [0.15, 0.2) is 0 Å². The fourth-order valence-electron chi connectivity index (χ4n) is 2.87. The van der Waals surface area contributed by atoms with E-state index in [0.29, 0.717) is 30.7 Å². The van der Waals surface area contributed by atoms with Gasteiger partial charge in [-0.05, 0) is 47.9 Å². The van der Waals surface area contributed by atoms with Crippen LogP contribution in [0.2, 0.25) is 5.02 Å². The first-order valence-corrected chi connectivity index (χ1v) is 9.79. The van der Waals surface area contributed by atoms with E-state index in [0.717, 1.165) is 22.9 Å². The lowest BCUT2D eigenvalue weighted by atomic mass is 10.0. The second-order valence-electron chi connectivity index (χ2n) is 6.71. The highest BCUT2D eigenvalue weighted by Gasteiger charge is 2.08. The van der Waals surface area contributed by atoms with Gasteiger partial charge in [0.2, 0.25) is 0 Å². The summed E-state index contributed by atoms with van der Waals surface area (Å²) in [4.78, 5) is 4.27. The molecule has 3 aromatic rings. The maximum absolute atomic E-state index is 6.16. The molecule has 0 amide bonds. The van der Waals surface area contributed by atoms with Crippen molar-refractivity contribution in [2.24, 2.45) is 0 Å². The first-order chi connectivity index (χ1) is 13.6. The highest BCUT2D eigenvalue weighted by Crippen LogP contribution is 2.26. The highest BCUT2D eigenvalue weighted by molar-refractivity contribution is 6.30. The molecule has 0 aliphatic rings. The molecule has 0 aliphatic heterocycles. The quantitative estimate of drug-likeness (QED) is 0.455. The summed E-state index contributed by atoms with van der Waals surface area (Å²) in [6.07, 6.45) is 1.75. The molecule has 28 heavy (non-hydrogen) atoms. The third-order valence-electron chi connectivity index (χ3n) is 4.29. The summed E-state index contributed by atoms with van der Waals surface area (Å²) in [6, 6.07) is 19.5. The first kappa shape index (κ1) is 20.0. The van der Waals surface area contributed by atoms with Crippen molar-refractivity contribution < 1.29 is 9.47 Å². The summed E-state index contributed by atoms with van der Waals surface area (Å²) in [6.45, 7) is 5.81. The average molecular weight is 397 g/mol. The summed E-state index contributed by atoms with van der Waals surface area (Å²) in [5.74, 6) is 2.92. The third-order valence-corrected chi connectivity index (χ3v) is 4.52. The van der Waals surface area contributed by atoms with Crippen LogP contribution in [0, 0.1) is 0 Å². The van der Waals surface area contributed by atoms with E-state index in [1.54, 1.807) is 6.20 Å². The maximum Gasteiger partial charge on any atom is 0.126 e. The van der Waals surface area contributed by atoms with Crippen LogP contribution in [0.15, 0.2) is 66.9 Å². The molecule has 0 atom stereocenters. The van der Waals surface area contributed by atoms with Crippen LogP contribution in [-0.4, -0.2) is 18.2 Å². The lowest BCUT2D eigenvalue weighted by Gasteiger charge is -2.16. The highest BCUT2D eigenvalue weighted by atomic mass is 35.5. The number of nitrogens with zero attached hydrogens (tertiary/aromatic N) is 1. The van der Waals surface area contributed by atoms with Gasteiger partial charge in [0.05, 0.1) is 0 Å². The zero-order valence-corrected chi connectivity index (χ0v) is 16.9. The van der Waals surface area contributed by atoms with Crippen molar-refractivity contribution in [2.75, 3.05) is 18.5 Å². The molecule has 0 aliphatic carbocycles. The second kappa shape index (κ2) is 10.00. The van der Waals surface area contributed by atoms with E-state index in [-0.39, 0.29) is 0 Å². The van der Waals surface area contributed by atoms with Crippen LogP contribution >= 0.6 is 11.6 Å². The van der Waals surface area contributed by atoms with Crippen LogP contribution in [0.3, 0.4) is 0 Å². The molecule has 1 heterocycles. The number of hydrogen-bond acceptors (Lipinski definition) is 4. The van der Waals surface area contributed by atoms with E-state index in [1.165, 1.54) is 5.56 Å². The van der Waals surface area contributed by atoms with Crippen molar-refractivity contribution in [3.63, 3.8) is 0 Å². The number of ether oxygens (including phenoxy) is 2. The molecule has 2 aromatic carbocycles. The van der Waals surface area contributed by atoms with Crippen molar-refractivity contribution in [2.45, 2.75) is 26.3 Å². The topological polar surface area (TPSA) is 43.4 Å². The zero-order valence-electron chi connectivity index (χ0n) is 16.2. The standard InChI is InChI=1S/C23H25ClN2O2/c1-17(2)20-7-3-4-8-22(20)28-14-13-27-21-11-10-19(24)15-18(21)16-26-23-9-5-6-12-25-23/h3-12,15,17H,13-14,16H2,1-2H3,(H,25,26). The number of hydrogen-bond donors (Lipinski definition) is 1. The van der Waals surface area contributed by atoms with E-state index >= 15 is 0 Å². The number of pyridine rings is 1. The fourth-order valence-corrected chi connectivity index (χ4v) is 3.07. The van der Waals surface area contributed by atoms with E-state index in [9.17, 15) is 0 Å². The molecule has 0 spiro atoms. The van der Waals surface area contributed by atoms with E-state index in [4.69, 9.17) is 21.1 Å². The molecule has 0 saturated heterocycles. The van der Waals surface area contributed by atoms with Gasteiger partial charge in [-0.3, -0.25) is 0 Å². The Bertz CT molecular complexity index is 885. The number of benzene rings is 2. The Balaban J connectivity index is 1.57. The molecule has 3 rings (SSSR count). The molecule has 0 fully saturated rings. The first-order valence-electron chi connectivity index (χ1n) is 9.41. The Morgan fingerprint density at radius 2 is 1.68 bits per heavy atom. The summed E-state index contributed by atoms with van der Waals surface area (Å²) >= 11 is 6.16. The van der Waals surface area contributed by atoms with Crippen molar-refractivity contribution in [1.82, 2.24) is 4.98 Å². The number of rotatable bonds is 9. The normalized spacial score (nSPS) is 10.7. The van der Waals surface area contributed by atoms with Gasteiger partial charge in [-0.15, -0.1) is 0 Å². The lowest BCUT2D eigenvalue weighted by molar-refractivity contribution is 0.214. The molecular formula is C23H25ClN2O2. The smallest absolute Gasteiger partial charge is 0.126 e. The minimum Gasteiger partial charge on any atom is -0.490 e. The molecule has 146 valence electrons. The minimum atomic E-state index is 0.414. The minimum absolute atomic E-state index is 0.414.